The summed E-state index contributed by atoms with van der Waals surface area (Å²) in [6.07, 6.45) is -4.80. The number of hydrogen-bond donors (Lipinski definition) is 1. The van der Waals surface area contributed by atoms with Crippen molar-refractivity contribution in [1.82, 2.24) is 10.2 Å². The summed E-state index contributed by atoms with van der Waals surface area (Å²) in [6.45, 7) is 3.15. The van der Waals surface area contributed by atoms with Gasteiger partial charge in [0.15, 0.2) is 0 Å². The van der Waals surface area contributed by atoms with Gasteiger partial charge in [-0.1, -0.05) is 12.1 Å². The third-order valence-electron chi connectivity index (χ3n) is 3.77. The Morgan fingerprint density at radius 1 is 1.22 bits per heavy atom. The molecule has 1 aromatic carbocycles. The van der Waals surface area contributed by atoms with Gasteiger partial charge in [-0.15, -0.1) is 24.8 Å². The fourth-order valence-corrected chi connectivity index (χ4v) is 2.70. The Morgan fingerprint density at radius 3 is 2.43 bits per heavy atom. The fourth-order valence-electron chi connectivity index (χ4n) is 2.70. The van der Waals surface area contributed by atoms with Crippen LogP contribution in [-0.2, 0) is 0 Å². The zero-order chi connectivity index (χ0) is 15.3. The Kier molecular flexibility index (Phi) is 9.93. The molecule has 1 fully saturated rings. The van der Waals surface area contributed by atoms with E-state index in [0.717, 1.165) is 31.7 Å². The van der Waals surface area contributed by atoms with E-state index in [-0.39, 0.29) is 37.3 Å². The van der Waals surface area contributed by atoms with Crippen LogP contribution in [0, 0.1) is 0 Å². The largest absolute Gasteiger partial charge is 0.497 e. The SMILES string of the molecule is COc1cccc([C@H](CCC(F)(F)F)N2CCNCC2)c1.Cl.Cl. The van der Waals surface area contributed by atoms with Crippen molar-refractivity contribution in [2.45, 2.75) is 25.1 Å². The first kappa shape index (κ1) is 22.3. The Morgan fingerprint density at radius 2 is 1.87 bits per heavy atom. The third-order valence-corrected chi connectivity index (χ3v) is 3.77. The van der Waals surface area contributed by atoms with Crippen LogP contribution < -0.4 is 10.1 Å². The van der Waals surface area contributed by atoms with E-state index < -0.39 is 12.6 Å². The molecule has 0 amide bonds. The predicted molar refractivity (Wildman–Crippen MR) is 90.0 cm³/mol. The molecule has 23 heavy (non-hydrogen) atoms. The van der Waals surface area contributed by atoms with Crippen molar-refractivity contribution in [3.63, 3.8) is 0 Å². The molecular weight excluding hydrogens is 352 g/mol. The van der Waals surface area contributed by atoms with E-state index in [1.165, 1.54) is 0 Å². The second kappa shape index (κ2) is 10.2. The smallest absolute Gasteiger partial charge is 0.389 e. The van der Waals surface area contributed by atoms with Gasteiger partial charge in [0, 0.05) is 38.6 Å². The maximum Gasteiger partial charge on any atom is 0.389 e. The molecule has 0 aliphatic carbocycles. The van der Waals surface area contributed by atoms with Gasteiger partial charge in [0.25, 0.3) is 0 Å². The highest BCUT2D eigenvalue weighted by atomic mass is 35.5. The Hall–Kier alpha value is -0.690. The highest BCUT2D eigenvalue weighted by Gasteiger charge is 2.31. The van der Waals surface area contributed by atoms with E-state index in [2.05, 4.69) is 10.2 Å². The van der Waals surface area contributed by atoms with Gasteiger partial charge in [-0.05, 0) is 24.1 Å². The van der Waals surface area contributed by atoms with Crippen molar-refractivity contribution in [1.29, 1.82) is 0 Å². The highest BCUT2D eigenvalue weighted by molar-refractivity contribution is 5.85. The number of methoxy groups -OCH3 is 1. The molecule has 2 rings (SSSR count). The molecule has 1 heterocycles. The van der Waals surface area contributed by atoms with E-state index >= 15 is 0 Å². The molecule has 0 saturated carbocycles. The maximum atomic E-state index is 12.6. The molecule has 1 N–H and O–H groups in total. The second-order valence-corrected chi connectivity index (χ2v) is 5.23. The average molecular weight is 375 g/mol. The predicted octanol–water partition coefficient (Wildman–Crippen LogP) is 3.83. The first-order valence-electron chi connectivity index (χ1n) is 7.15. The van der Waals surface area contributed by atoms with E-state index in [1.54, 1.807) is 7.11 Å². The maximum absolute atomic E-state index is 12.6. The van der Waals surface area contributed by atoms with Gasteiger partial charge in [-0.25, -0.2) is 0 Å². The molecule has 1 saturated heterocycles. The molecule has 0 bridgehead atoms. The number of halogens is 5. The third kappa shape index (κ3) is 7.16. The molecule has 1 atom stereocenters. The molecule has 8 heteroatoms. The summed E-state index contributed by atoms with van der Waals surface area (Å²) in [5.41, 5.74) is 0.889. The number of rotatable bonds is 5. The second-order valence-electron chi connectivity index (χ2n) is 5.23. The van der Waals surface area contributed by atoms with Crippen molar-refractivity contribution < 1.29 is 17.9 Å². The molecular formula is C15H23Cl2F3N2O. The summed E-state index contributed by atoms with van der Waals surface area (Å²) in [4.78, 5) is 2.12. The molecule has 0 aromatic heterocycles. The molecule has 0 radical (unpaired) electrons. The molecule has 0 spiro atoms. The molecule has 134 valence electrons. The molecule has 1 aromatic rings. The van der Waals surface area contributed by atoms with Gasteiger partial charge in [0.05, 0.1) is 7.11 Å². The average Bonchev–Trinajstić information content (AvgIpc) is 2.48. The monoisotopic (exact) mass is 374 g/mol. The number of hydrogen-bond acceptors (Lipinski definition) is 3. The minimum absolute atomic E-state index is 0. The van der Waals surface area contributed by atoms with Gasteiger partial charge >= 0.3 is 6.18 Å². The molecule has 3 nitrogen and oxygen atoms in total. The lowest BCUT2D eigenvalue weighted by atomic mass is 9.99. The van der Waals surface area contributed by atoms with Crippen LogP contribution in [-0.4, -0.2) is 44.4 Å². The summed E-state index contributed by atoms with van der Waals surface area (Å²) in [5, 5.41) is 3.23. The van der Waals surface area contributed by atoms with Crippen molar-refractivity contribution in [2.75, 3.05) is 33.3 Å². The van der Waals surface area contributed by atoms with Crippen LogP contribution in [0.4, 0.5) is 13.2 Å². The topological polar surface area (TPSA) is 24.5 Å². The Balaban J connectivity index is 0.00000242. The van der Waals surface area contributed by atoms with Crippen LogP contribution in [0.5, 0.6) is 5.75 Å². The Labute approximate surface area is 147 Å². The van der Waals surface area contributed by atoms with Crippen LogP contribution in [0.25, 0.3) is 0 Å². The van der Waals surface area contributed by atoms with E-state index in [0.29, 0.717) is 5.75 Å². The molecule has 0 unspecified atom stereocenters. The first-order valence-corrected chi connectivity index (χ1v) is 7.15. The van der Waals surface area contributed by atoms with Crippen molar-refractivity contribution in [2.24, 2.45) is 0 Å². The number of nitrogens with zero attached hydrogens (tertiary/aromatic N) is 1. The zero-order valence-corrected chi connectivity index (χ0v) is 14.6. The van der Waals surface area contributed by atoms with Crippen LogP contribution in [0.1, 0.15) is 24.4 Å². The number of benzene rings is 1. The number of alkyl halides is 3. The lowest BCUT2D eigenvalue weighted by Gasteiger charge is -2.35. The lowest BCUT2D eigenvalue weighted by molar-refractivity contribution is -0.138. The van der Waals surface area contributed by atoms with Gasteiger partial charge in [0.1, 0.15) is 5.75 Å². The van der Waals surface area contributed by atoms with Crippen LogP contribution >= 0.6 is 24.8 Å². The number of ether oxygens (including phenoxy) is 1. The lowest BCUT2D eigenvalue weighted by Crippen LogP contribution is -2.45. The van der Waals surface area contributed by atoms with Crippen LogP contribution in [0.2, 0.25) is 0 Å². The summed E-state index contributed by atoms with van der Waals surface area (Å²) in [6, 6.07) is 7.14. The summed E-state index contributed by atoms with van der Waals surface area (Å²) in [7, 11) is 1.56. The highest BCUT2D eigenvalue weighted by Crippen LogP contribution is 2.32. The van der Waals surface area contributed by atoms with Gasteiger partial charge in [0.2, 0.25) is 0 Å². The minimum atomic E-state index is -4.12. The fraction of sp³-hybridized carbons (Fsp3) is 0.600. The van der Waals surface area contributed by atoms with Crippen LogP contribution in [0.3, 0.4) is 0 Å². The summed E-state index contributed by atoms with van der Waals surface area (Å²) in [5.74, 6) is 0.680. The van der Waals surface area contributed by atoms with Crippen molar-refractivity contribution in [3.05, 3.63) is 29.8 Å². The standard InChI is InChI=1S/C15H21F3N2O.2ClH/c1-21-13-4-2-3-12(11-13)14(5-6-15(16,17)18)20-9-7-19-8-10-20;;/h2-4,11,14,19H,5-10H2,1H3;2*1H/t14-;;/m0../s1. The number of nitrogens with one attached hydrogen (secondary N) is 1. The minimum Gasteiger partial charge on any atom is -0.497 e. The summed E-state index contributed by atoms with van der Waals surface area (Å²) < 4.78 is 43.0. The van der Waals surface area contributed by atoms with Crippen LogP contribution in [0.15, 0.2) is 24.3 Å². The number of piperazine rings is 1. The van der Waals surface area contributed by atoms with E-state index in [1.807, 2.05) is 24.3 Å². The normalized spacial score (nSPS) is 16.9. The summed E-state index contributed by atoms with van der Waals surface area (Å²) >= 11 is 0. The van der Waals surface area contributed by atoms with Crippen molar-refractivity contribution >= 4 is 24.8 Å². The van der Waals surface area contributed by atoms with E-state index in [9.17, 15) is 13.2 Å². The zero-order valence-electron chi connectivity index (χ0n) is 12.9. The molecule has 1 aliphatic heterocycles. The van der Waals surface area contributed by atoms with Gasteiger partial charge in [-0.3, -0.25) is 4.90 Å². The Bertz CT molecular complexity index is 455. The van der Waals surface area contributed by atoms with E-state index in [4.69, 9.17) is 4.74 Å². The van der Waals surface area contributed by atoms with Crippen molar-refractivity contribution in [3.8, 4) is 5.75 Å². The van der Waals surface area contributed by atoms with Gasteiger partial charge in [-0.2, -0.15) is 13.2 Å². The molecule has 1 aliphatic rings. The first-order chi connectivity index (χ1) is 9.99. The van der Waals surface area contributed by atoms with Gasteiger partial charge < -0.3 is 10.1 Å². The quantitative estimate of drug-likeness (QED) is 0.847.